The van der Waals surface area contributed by atoms with E-state index >= 15 is 0 Å². The Morgan fingerprint density at radius 3 is 3.00 bits per heavy atom. The molecule has 0 aromatic carbocycles. The van der Waals surface area contributed by atoms with Crippen LogP contribution in [-0.4, -0.2) is 16.6 Å². The van der Waals surface area contributed by atoms with Gasteiger partial charge in [0.1, 0.15) is 0 Å². The van der Waals surface area contributed by atoms with Crippen molar-refractivity contribution in [1.82, 2.24) is 9.55 Å². The van der Waals surface area contributed by atoms with E-state index in [1.807, 2.05) is 13.2 Å². The van der Waals surface area contributed by atoms with Crippen molar-refractivity contribution in [2.24, 2.45) is 5.92 Å². The average molecular weight is 179 g/mol. The minimum atomic E-state index is 0.657. The van der Waals surface area contributed by atoms with Crippen molar-refractivity contribution in [2.75, 3.05) is 12.4 Å². The summed E-state index contributed by atoms with van der Waals surface area (Å²) >= 11 is 0. The van der Waals surface area contributed by atoms with Crippen LogP contribution in [0.5, 0.6) is 0 Å². The third-order valence-electron chi connectivity index (χ3n) is 3.07. The van der Waals surface area contributed by atoms with Crippen molar-refractivity contribution in [3.05, 3.63) is 12.4 Å². The van der Waals surface area contributed by atoms with E-state index in [0.29, 0.717) is 6.04 Å². The van der Waals surface area contributed by atoms with Crippen molar-refractivity contribution in [2.45, 2.75) is 32.2 Å². The third-order valence-corrected chi connectivity index (χ3v) is 3.07. The predicted octanol–water partition coefficient (Wildman–Crippen LogP) is 2.29. The van der Waals surface area contributed by atoms with Crippen molar-refractivity contribution < 1.29 is 0 Å². The maximum atomic E-state index is 4.27. The van der Waals surface area contributed by atoms with Gasteiger partial charge in [0.25, 0.3) is 0 Å². The molecule has 2 rings (SSSR count). The van der Waals surface area contributed by atoms with Gasteiger partial charge in [-0.25, -0.2) is 4.98 Å². The fourth-order valence-electron chi connectivity index (χ4n) is 2.31. The van der Waals surface area contributed by atoms with Gasteiger partial charge in [0.2, 0.25) is 5.95 Å². The van der Waals surface area contributed by atoms with E-state index in [0.717, 1.165) is 11.9 Å². The molecule has 0 aliphatic heterocycles. The highest BCUT2D eigenvalue weighted by Gasteiger charge is 2.25. The van der Waals surface area contributed by atoms with Gasteiger partial charge in [-0.2, -0.15) is 0 Å². The summed E-state index contributed by atoms with van der Waals surface area (Å²) in [4.78, 5) is 4.27. The highest BCUT2D eigenvalue weighted by atomic mass is 15.2. The quantitative estimate of drug-likeness (QED) is 0.755. The molecule has 3 nitrogen and oxygen atoms in total. The Balaban J connectivity index is 2.23. The Bertz CT molecular complexity index is 279. The summed E-state index contributed by atoms with van der Waals surface area (Å²) in [6.45, 7) is 2.33. The molecule has 0 saturated heterocycles. The normalized spacial score (nSPS) is 27.8. The van der Waals surface area contributed by atoms with Crippen LogP contribution in [0.15, 0.2) is 12.4 Å². The highest BCUT2D eigenvalue weighted by Crippen LogP contribution is 2.36. The van der Waals surface area contributed by atoms with Crippen LogP contribution in [0.1, 0.15) is 32.2 Å². The lowest BCUT2D eigenvalue weighted by atomic mass is 10.1. The van der Waals surface area contributed by atoms with E-state index in [1.165, 1.54) is 19.3 Å². The molecule has 1 heterocycles. The lowest BCUT2D eigenvalue weighted by molar-refractivity contribution is 0.411. The molecule has 0 bridgehead atoms. The number of aromatic nitrogens is 2. The van der Waals surface area contributed by atoms with Gasteiger partial charge < -0.3 is 9.88 Å². The Labute approximate surface area is 79.2 Å². The first-order valence-electron chi connectivity index (χ1n) is 5.03. The summed E-state index contributed by atoms with van der Waals surface area (Å²) < 4.78 is 2.28. The van der Waals surface area contributed by atoms with Gasteiger partial charge in [0.15, 0.2) is 0 Å². The number of rotatable bonds is 2. The molecule has 2 unspecified atom stereocenters. The summed E-state index contributed by atoms with van der Waals surface area (Å²) in [7, 11) is 1.93. The van der Waals surface area contributed by atoms with Gasteiger partial charge in [-0.05, 0) is 18.8 Å². The molecule has 0 radical (unpaired) electrons. The monoisotopic (exact) mass is 179 g/mol. The second kappa shape index (κ2) is 3.40. The number of nitrogens with zero attached hydrogens (tertiary/aromatic N) is 2. The van der Waals surface area contributed by atoms with E-state index < -0.39 is 0 Å². The molecule has 0 spiro atoms. The van der Waals surface area contributed by atoms with Gasteiger partial charge >= 0.3 is 0 Å². The molecule has 0 amide bonds. The van der Waals surface area contributed by atoms with Gasteiger partial charge in [-0.15, -0.1) is 0 Å². The van der Waals surface area contributed by atoms with Gasteiger partial charge in [-0.1, -0.05) is 13.3 Å². The van der Waals surface area contributed by atoms with Crippen LogP contribution in [0.4, 0.5) is 5.95 Å². The molecule has 72 valence electrons. The molecule has 1 aliphatic carbocycles. The van der Waals surface area contributed by atoms with Crippen molar-refractivity contribution in [3.8, 4) is 0 Å². The number of hydrogen-bond donors (Lipinski definition) is 1. The predicted molar refractivity (Wildman–Crippen MR) is 53.8 cm³/mol. The second-order valence-corrected chi connectivity index (χ2v) is 3.88. The molecular weight excluding hydrogens is 162 g/mol. The molecule has 3 heteroatoms. The van der Waals surface area contributed by atoms with E-state index in [9.17, 15) is 0 Å². The van der Waals surface area contributed by atoms with E-state index in [2.05, 4.69) is 28.0 Å². The van der Waals surface area contributed by atoms with Crippen molar-refractivity contribution >= 4 is 5.95 Å². The first-order valence-corrected chi connectivity index (χ1v) is 5.03. The largest absolute Gasteiger partial charge is 0.359 e. The highest BCUT2D eigenvalue weighted by molar-refractivity contribution is 5.25. The van der Waals surface area contributed by atoms with E-state index in [1.54, 1.807) is 0 Å². The Morgan fingerprint density at radius 1 is 1.54 bits per heavy atom. The smallest absolute Gasteiger partial charge is 0.202 e. The summed E-state index contributed by atoms with van der Waals surface area (Å²) in [6.07, 6.45) is 7.96. The zero-order chi connectivity index (χ0) is 9.26. The zero-order valence-electron chi connectivity index (χ0n) is 8.33. The van der Waals surface area contributed by atoms with E-state index in [-0.39, 0.29) is 0 Å². The molecule has 13 heavy (non-hydrogen) atoms. The molecule has 2 atom stereocenters. The number of nitrogens with one attached hydrogen (secondary N) is 1. The maximum absolute atomic E-state index is 4.27. The Morgan fingerprint density at radius 2 is 2.38 bits per heavy atom. The maximum Gasteiger partial charge on any atom is 0.202 e. The minimum Gasteiger partial charge on any atom is -0.359 e. The topological polar surface area (TPSA) is 29.9 Å². The molecule has 1 aliphatic rings. The van der Waals surface area contributed by atoms with Crippen LogP contribution in [0, 0.1) is 5.92 Å². The van der Waals surface area contributed by atoms with E-state index in [4.69, 9.17) is 0 Å². The van der Waals surface area contributed by atoms with Gasteiger partial charge in [0, 0.05) is 25.5 Å². The Kier molecular flexibility index (Phi) is 2.25. The lowest BCUT2D eigenvalue weighted by Crippen LogP contribution is -2.13. The van der Waals surface area contributed by atoms with Crippen LogP contribution in [0.2, 0.25) is 0 Å². The number of hydrogen-bond acceptors (Lipinski definition) is 2. The molecular formula is C10H17N3. The third kappa shape index (κ3) is 1.43. The molecule has 1 N–H and O–H groups in total. The fourth-order valence-corrected chi connectivity index (χ4v) is 2.31. The zero-order valence-corrected chi connectivity index (χ0v) is 8.33. The number of anilines is 1. The first-order chi connectivity index (χ1) is 6.33. The summed E-state index contributed by atoms with van der Waals surface area (Å²) in [5, 5.41) is 3.12. The van der Waals surface area contributed by atoms with Crippen LogP contribution >= 0.6 is 0 Å². The number of imidazole rings is 1. The minimum absolute atomic E-state index is 0.657. The SMILES string of the molecule is CNc1nccn1C1CCCC1C. The molecule has 1 fully saturated rings. The summed E-state index contributed by atoms with van der Waals surface area (Å²) in [5.41, 5.74) is 0. The van der Waals surface area contributed by atoms with Crippen molar-refractivity contribution in [1.29, 1.82) is 0 Å². The Hall–Kier alpha value is -0.990. The summed E-state index contributed by atoms with van der Waals surface area (Å²) in [5.74, 6) is 1.79. The molecule has 1 aromatic rings. The first kappa shape index (κ1) is 8.60. The standard InChI is InChI=1S/C10H17N3/c1-8-4-3-5-9(8)13-7-6-12-10(13)11-2/h6-9H,3-5H2,1-2H3,(H,11,12). The average Bonchev–Trinajstić information content (AvgIpc) is 2.71. The molecule has 1 aromatic heterocycles. The fraction of sp³-hybridized carbons (Fsp3) is 0.700. The lowest BCUT2D eigenvalue weighted by Gasteiger charge is -2.19. The van der Waals surface area contributed by atoms with Crippen LogP contribution < -0.4 is 5.32 Å². The van der Waals surface area contributed by atoms with Crippen LogP contribution in [0.3, 0.4) is 0 Å². The summed E-state index contributed by atoms with van der Waals surface area (Å²) in [6, 6.07) is 0.657. The second-order valence-electron chi connectivity index (χ2n) is 3.88. The van der Waals surface area contributed by atoms with Crippen molar-refractivity contribution in [3.63, 3.8) is 0 Å². The molecule has 1 saturated carbocycles. The van der Waals surface area contributed by atoms with Crippen LogP contribution in [-0.2, 0) is 0 Å². The van der Waals surface area contributed by atoms with Gasteiger partial charge in [0.05, 0.1) is 0 Å². The van der Waals surface area contributed by atoms with Crippen LogP contribution in [0.25, 0.3) is 0 Å². The van der Waals surface area contributed by atoms with Gasteiger partial charge in [-0.3, -0.25) is 0 Å².